The van der Waals surface area contributed by atoms with Crippen LogP contribution in [0.15, 0.2) is 36.4 Å². The molecule has 3 aromatic rings. The standard InChI is InChI=1S/C21H16F2N2O/c22-16-8-14(9-17(23)11-16)18-7-13(12-24)6-15-10-19-20(26)4-2-1-3-5-25(19)21(15)18/h6-11H,1-5H2. The molecule has 0 saturated carbocycles. The van der Waals surface area contributed by atoms with E-state index in [1.807, 2.05) is 4.57 Å². The molecule has 0 bridgehead atoms. The minimum Gasteiger partial charge on any atom is -0.338 e. The van der Waals surface area contributed by atoms with Crippen molar-refractivity contribution in [1.82, 2.24) is 4.57 Å². The quantitative estimate of drug-likeness (QED) is 0.604. The van der Waals surface area contributed by atoms with E-state index in [-0.39, 0.29) is 5.78 Å². The van der Waals surface area contributed by atoms with E-state index in [0.29, 0.717) is 35.3 Å². The summed E-state index contributed by atoms with van der Waals surface area (Å²) < 4.78 is 29.5. The number of halogens is 2. The molecule has 0 amide bonds. The summed E-state index contributed by atoms with van der Waals surface area (Å²) in [5, 5.41) is 10.1. The second kappa shape index (κ2) is 6.38. The van der Waals surface area contributed by atoms with Crippen LogP contribution in [0.2, 0.25) is 0 Å². The number of fused-ring (bicyclic) bond motifs is 3. The van der Waals surface area contributed by atoms with Crippen LogP contribution in [0.1, 0.15) is 41.7 Å². The van der Waals surface area contributed by atoms with E-state index in [0.717, 1.165) is 36.2 Å². The summed E-state index contributed by atoms with van der Waals surface area (Å²) in [6.07, 6.45) is 3.25. The number of carbonyl (C=O) groups is 1. The van der Waals surface area contributed by atoms with Crippen molar-refractivity contribution in [2.24, 2.45) is 0 Å². The molecule has 0 unspecified atom stereocenters. The van der Waals surface area contributed by atoms with Crippen molar-refractivity contribution in [3.05, 3.63) is 59.3 Å². The highest BCUT2D eigenvalue weighted by atomic mass is 19.1. The molecule has 2 aromatic carbocycles. The fourth-order valence-corrected chi connectivity index (χ4v) is 3.73. The van der Waals surface area contributed by atoms with Crippen molar-refractivity contribution in [1.29, 1.82) is 5.26 Å². The molecule has 1 aliphatic rings. The number of ketones is 1. The van der Waals surface area contributed by atoms with Crippen molar-refractivity contribution < 1.29 is 13.6 Å². The number of benzene rings is 2. The topological polar surface area (TPSA) is 45.8 Å². The van der Waals surface area contributed by atoms with Gasteiger partial charge in [0.1, 0.15) is 11.6 Å². The number of nitrogens with zero attached hydrogens (tertiary/aromatic N) is 2. The first-order valence-corrected chi connectivity index (χ1v) is 8.64. The molecule has 0 radical (unpaired) electrons. The number of hydrogen-bond acceptors (Lipinski definition) is 2. The van der Waals surface area contributed by atoms with Gasteiger partial charge in [-0.25, -0.2) is 8.78 Å². The van der Waals surface area contributed by atoms with Crippen LogP contribution < -0.4 is 0 Å². The molecule has 0 spiro atoms. The van der Waals surface area contributed by atoms with Gasteiger partial charge in [0.15, 0.2) is 5.78 Å². The van der Waals surface area contributed by atoms with Crippen LogP contribution in [-0.4, -0.2) is 10.4 Å². The maximum absolute atomic E-state index is 13.8. The third kappa shape index (κ3) is 2.78. The zero-order valence-electron chi connectivity index (χ0n) is 14.1. The smallest absolute Gasteiger partial charge is 0.179 e. The molecule has 1 aromatic heterocycles. The fraction of sp³-hybridized carbons (Fsp3) is 0.238. The lowest BCUT2D eigenvalue weighted by Crippen LogP contribution is -2.12. The minimum atomic E-state index is -0.675. The number of aryl methyl sites for hydroxylation is 1. The largest absolute Gasteiger partial charge is 0.338 e. The summed E-state index contributed by atoms with van der Waals surface area (Å²) in [5.41, 5.74) is 2.67. The Kier molecular flexibility index (Phi) is 4.04. The van der Waals surface area contributed by atoms with Crippen LogP contribution in [0.4, 0.5) is 8.78 Å². The number of carbonyl (C=O) groups excluding carboxylic acids is 1. The zero-order valence-corrected chi connectivity index (χ0v) is 14.1. The molecule has 0 saturated heterocycles. The van der Waals surface area contributed by atoms with E-state index in [1.54, 1.807) is 18.2 Å². The van der Waals surface area contributed by atoms with Gasteiger partial charge in [0.25, 0.3) is 0 Å². The van der Waals surface area contributed by atoms with Crippen LogP contribution in [-0.2, 0) is 6.54 Å². The molecule has 0 fully saturated rings. The van der Waals surface area contributed by atoms with E-state index in [9.17, 15) is 18.8 Å². The number of hydrogen-bond donors (Lipinski definition) is 0. The average Bonchev–Trinajstić information content (AvgIpc) is 2.96. The Bertz CT molecular complexity index is 1060. The first-order valence-electron chi connectivity index (χ1n) is 8.64. The summed E-state index contributed by atoms with van der Waals surface area (Å²) >= 11 is 0. The highest BCUT2D eigenvalue weighted by Crippen LogP contribution is 2.35. The van der Waals surface area contributed by atoms with Gasteiger partial charge in [0.05, 0.1) is 22.8 Å². The lowest BCUT2D eigenvalue weighted by Gasteiger charge is -2.16. The number of Topliss-reactive ketones (excluding diaryl/α,β-unsaturated/α-hetero) is 1. The van der Waals surface area contributed by atoms with E-state index in [4.69, 9.17) is 0 Å². The lowest BCUT2D eigenvalue weighted by molar-refractivity contribution is 0.0966. The second-order valence-electron chi connectivity index (χ2n) is 6.65. The molecular formula is C21H16F2N2O. The molecule has 1 aliphatic heterocycles. The molecule has 2 heterocycles. The van der Waals surface area contributed by atoms with Crippen molar-refractivity contribution in [2.45, 2.75) is 32.2 Å². The van der Waals surface area contributed by atoms with Crippen molar-refractivity contribution >= 4 is 16.7 Å². The molecular weight excluding hydrogens is 334 g/mol. The molecule has 0 N–H and O–H groups in total. The molecule has 3 nitrogen and oxygen atoms in total. The molecule has 130 valence electrons. The lowest BCUT2D eigenvalue weighted by atomic mass is 10.00. The number of nitriles is 1. The van der Waals surface area contributed by atoms with Crippen LogP contribution in [0.25, 0.3) is 22.0 Å². The number of aromatic nitrogens is 1. The van der Waals surface area contributed by atoms with Crippen molar-refractivity contribution in [3.63, 3.8) is 0 Å². The Morgan fingerprint density at radius 3 is 2.46 bits per heavy atom. The molecule has 5 heteroatoms. The van der Waals surface area contributed by atoms with Gasteiger partial charge < -0.3 is 4.57 Å². The van der Waals surface area contributed by atoms with Crippen LogP contribution >= 0.6 is 0 Å². The van der Waals surface area contributed by atoms with Crippen LogP contribution in [0.5, 0.6) is 0 Å². The SMILES string of the molecule is N#Cc1cc(-c2cc(F)cc(F)c2)c2c(c1)cc1n2CCCCCC1=O. The predicted molar refractivity (Wildman–Crippen MR) is 94.8 cm³/mol. The summed E-state index contributed by atoms with van der Waals surface area (Å²) in [6.45, 7) is 0.668. The van der Waals surface area contributed by atoms with Crippen molar-refractivity contribution in [2.75, 3.05) is 0 Å². The van der Waals surface area contributed by atoms with E-state index in [1.165, 1.54) is 12.1 Å². The molecule has 0 aliphatic carbocycles. The zero-order chi connectivity index (χ0) is 18.3. The van der Waals surface area contributed by atoms with Gasteiger partial charge in [0, 0.05) is 30.0 Å². The van der Waals surface area contributed by atoms with Gasteiger partial charge in [-0.1, -0.05) is 6.42 Å². The van der Waals surface area contributed by atoms with Gasteiger partial charge in [-0.3, -0.25) is 4.79 Å². The monoisotopic (exact) mass is 350 g/mol. The van der Waals surface area contributed by atoms with E-state index >= 15 is 0 Å². The maximum atomic E-state index is 13.8. The van der Waals surface area contributed by atoms with Gasteiger partial charge in [-0.2, -0.15) is 5.26 Å². The third-order valence-electron chi connectivity index (χ3n) is 4.87. The number of rotatable bonds is 1. The average molecular weight is 350 g/mol. The fourth-order valence-electron chi connectivity index (χ4n) is 3.73. The Hall–Kier alpha value is -3.00. The van der Waals surface area contributed by atoms with Gasteiger partial charge in [-0.05, 0) is 48.7 Å². The molecule has 0 atom stereocenters. The Morgan fingerprint density at radius 1 is 0.962 bits per heavy atom. The van der Waals surface area contributed by atoms with Gasteiger partial charge >= 0.3 is 0 Å². The third-order valence-corrected chi connectivity index (χ3v) is 4.87. The van der Waals surface area contributed by atoms with Crippen molar-refractivity contribution in [3.8, 4) is 17.2 Å². The highest BCUT2D eigenvalue weighted by molar-refractivity contribution is 6.04. The highest BCUT2D eigenvalue weighted by Gasteiger charge is 2.21. The first-order chi connectivity index (χ1) is 12.6. The van der Waals surface area contributed by atoms with E-state index in [2.05, 4.69) is 6.07 Å². The summed E-state index contributed by atoms with van der Waals surface area (Å²) in [5.74, 6) is -1.28. The maximum Gasteiger partial charge on any atom is 0.179 e. The molecule has 4 rings (SSSR count). The normalized spacial score (nSPS) is 14.6. The van der Waals surface area contributed by atoms with Gasteiger partial charge in [0.2, 0.25) is 0 Å². The first kappa shape index (κ1) is 16.5. The summed E-state index contributed by atoms with van der Waals surface area (Å²) in [7, 11) is 0. The second-order valence-corrected chi connectivity index (χ2v) is 6.65. The summed E-state index contributed by atoms with van der Waals surface area (Å²) in [4.78, 5) is 12.5. The Labute approximate surface area is 149 Å². The van der Waals surface area contributed by atoms with Crippen LogP contribution in [0, 0.1) is 23.0 Å². The minimum absolute atomic E-state index is 0.0655. The van der Waals surface area contributed by atoms with E-state index < -0.39 is 11.6 Å². The predicted octanol–water partition coefficient (Wildman–Crippen LogP) is 5.21. The van der Waals surface area contributed by atoms with Crippen LogP contribution in [0.3, 0.4) is 0 Å². The Balaban J connectivity index is 2.06. The molecule has 26 heavy (non-hydrogen) atoms. The summed E-state index contributed by atoms with van der Waals surface area (Å²) in [6, 6.07) is 10.6. The Morgan fingerprint density at radius 2 is 1.73 bits per heavy atom. The van der Waals surface area contributed by atoms with Gasteiger partial charge in [-0.15, -0.1) is 0 Å².